The molecule has 0 unspecified atom stereocenters. The summed E-state index contributed by atoms with van der Waals surface area (Å²) in [6.45, 7) is 1.83. The third-order valence-electron chi connectivity index (χ3n) is 6.29. The number of aromatic nitrogens is 2. The summed E-state index contributed by atoms with van der Waals surface area (Å²) < 4.78 is 28.1. The Labute approximate surface area is 218 Å². The number of aromatic amines is 1. The van der Waals surface area contributed by atoms with E-state index in [4.69, 9.17) is 11.6 Å². The van der Waals surface area contributed by atoms with E-state index < -0.39 is 6.04 Å². The molecule has 3 aromatic carbocycles. The van der Waals surface area contributed by atoms with E-state index in [9.17, 15) is 13.6 Å². The minimum atomic E-state index is -0.567. The number of aryl methyl sites for hydroxylation is 1. The molecule has 2 N–H and O–H groups in total. The molecule has 0 saturated heterocycles. The summed E-state index contributed by atoms with van der Waals surface area (Å²) in [6.07, 6.45) is 3.73. The average molecular weight is 516 g/mol. The number of carbonyl (C=O) groups is 1. The zero-order valence-corrected chi connectivity index (χ0v) is 20.8. The van der Waals surface area contributed by atoms with Gasteiger partial charge in [0.25, 0.3) is 0 Å². The van der Waals surface area contributed by atoms with Crippen LogP contribution in [0.3, 0.4) is 0 Å². The van der Waals surface area contributed by atoms with Gasteiger partial charge in [0.15, 0.2) is 0 Å². The highest BCUT2D eigenvalue weighted by Crippen LogP contribution is 2.33. The summed E-state index contributed by atoms with van der Waals surface area (Å²) in [4.78, 5) is 21.0. The standard InChI is InChI=1S/C30H24ClF2N3O/c1-18-11-19(13-22(33)12-18)14-28(30-24(6-4-10-34-30)23-5-2-3-7-26(23)31)36-29(37)15-20-17-35-27-9-8-21(32)16-25(20)27/h2-13,16-17,28,35H,14-15H2,1H3,(H,36,37)/t28-/m0/s1. The number of amides is 1. The molecule has 2 aromatic heterocycles. The summed E-state index contributed by atoms with van der Waals surface area (Å²) in [5, 5.41) is 4.31. The van der Waals surface area contributed by atoms with Crippen molar-refractivity contribution in [3.8, 4) is 11.1 Å². The van der Waals surface area contributed by atoms with Gasteiger partial charge < -0.3 is 10.3 Å². The number of carbonyl (C=O) groups excluding carboxylic acids is 1. The zero-order valence-electron chi connectivity index (χ0n) is 20.1. The maximum Gasteiger partial charge on any atom is 0.225 e. The Kier molecular flexibility index (Phi) is 7.01. The van der Waals surface area contributed by atoms with E-state index in [0.29, 0.717) is 28.1 Å². The van der Waals surface area contributed by atoms with Gasteiger partial charge >= 0.3 is 0 Å². The SMILES string of the molecule is Cc1cc(F)cc(C[C@H](NC(=O)Cc2c[nH]c3ccc(F)cc23)c2ncccc2-c2ccccc2Cl)c1. The van der Waals surface area contributed by atoms with Gasteiger partial charge in [0.2, 0.25) is 5.91 Å². The fourth-order valence-electron chi connectivity index (χ4n) is 4.70. The van der Waals surface area contributed by atoms with Gasteiger partial charge in [-0.2, -0.15) is 0 Å². The molecule has 5 aromatic rings. The van der Waals surface area contributed by atoms with Crippen molar-refractivity contribution < 1.29 is 13.6 Å². The molecule has 0 radical (unpaired) electrons. The first-order chi connectivity index (χ1) is 17.9. The maximum atomic E-state index is 14.2. The molecule has 7 heteroatoms. The first-order valence-electron chi connectivity index (χ1n) is 11.9. The number of H-pyrrole nitrogens is 1. The summed E-state index contributed by atoms with van der Waals surface area (Å²) in [7, 11) is 0. The predicted octanol–water partition coefficient (Wildman–Crippen LogP) is 7.11. The molecule has 0 bridgehead atoms. The summed E-state index contributed by atoms with van der Waals surface area (Å²) in [5.74, 6) is -0.974. The van der Waals surface area contributed by atoms with Gasteiger partial charge in [0.05, 0.1) is 18.2 Å². The molecule has 186 valence electrons. The van der Waals surface area contributed by atoms with Crippen LogP contribution in [0.15, 0.2) is 85.2 Å². The van der Waals surface area contributed by atoms with Crippen molar-refractivity contribution in [1.29, 1.82) is 0 Å². The highest BCUT2D eigenvalue weighted by Gasteiger charge is 2.22. The molecule has 0 spiro atoms. The molecule has 0 aliphatic carbocycles. The minimum Gasteiger partial charge on any atom is -0.361 e. The van der Waals surface area contributed by atoms with Crippen LogP contribution in [0.4, 0.5) is 8.78 Å². The largest absolute Gasteiger partial charge is 0.361 e. The smallest absolute Gasteiger partial charge is 0.225 e. The molecule has 0 fully saturated rings. The average Bonchev–Trinajstić information content (AvgIpc) is 3.25. The lowest BCUT2D eigenvalue weighted by molar-refractivity contribution is -0.121. The van der Waals surface area contributed by atoms with E-state index in [1.165, 1.54) is 24.3 Å². The van der Waals surface area contributed by atoms with Gasteiger partial charge in [-0.3, -0.25) is 9.78 Å². The number of hydrogen-bond acceptors (Lipinski definition) is 2. The molecule has 2 heterocycles. The van der Waals surface area contributed by atoms with Gasteiger partial charge in [-0.25, -0.2) is 8.78 Å². The Morgan fingerprint density at radius 1 is 1.00 bits per heavy atom. The monoisotopic (exact) mass is 515 g/mol. The molecular weight excluding hydrogens is 492 g/mol. The number of rotatable bonds is 7. The maximum absolute atomic E-state index is 14.2. The lowest BCUT2D eigenvalue weighted by Crippen LogP contribution is -2.32. The van der Waals surface area contributed by atoms with E-state index in [1.54, 1.807) is 24.5 Å². The molecule has 5 rings (SSSR count). The van der Waals surface area contributed by atoms with Crippen LogP contribution in [-0.2, 0) is 17.6 Å². The van der Waals surface area contributed by atoms with Crippen LogP contribution >= 0.6 is 11.6 Å². The van der Waals surface area contributed by atoms with Crippen molar-refractivity contribution in [3.05, 3.63) is 124 Å². The number of nitrogens with zero attached hydrogens (tertiary/aromatic N) is 1. The highest BCUT2D eigenvalue weighted by atomic mass is 35.5. The lowest BCUT2D eigenvalue weighted by Gasteiger charge is -2.22. The second-order valence-electron chi connectivity index (χ2n) is 9.06. The number of halogens is 3. The van der Waals surface area contributed by atoms with Crippen molar-refractivity contribution in [2.24, 2.45) is 0 Å². The number of pyridine rings is 1. The number of benzene rings is 3. The molecule has 37 heavy (non-hydrogen) atoms. The molecular formula is C30H24ClF2N3O. The van der Waals surface area contributed by atoms with Crippen molar-refractivity contribution >= 4 is 28.4 Å². The van der Waals surface area contributed by atoms with Crippen LogP contribution in [0.2, 0.25) is 5.02 Å². The van der Waals surface area contributed by atoms with E-state index in [0.717, 1.165) is 27.8 Å². The first-order valence-corrected chi connectivity index (χ1v) is 12.3. The molecule has 0 aliphatic heterocycles. The quantitative estimate of drug-likeness (QED) is 0.242. The second-order valence-corrected chi connectivity index (χ2v) is 9.46. The topological polar surface area (TPSA) is 57.8 Å². The van der Waals surface area contributed by atoms with E-state index in [1.807, 2.05) is 43.3 Å². The third-order valence-corrected chi connectivity index (χ3v) is 6.62. The van der Waals surface area contributed by atoms with Crippen LogP contribution in [0.5, 0.6) is 0 Å². The van der Waals surface area contributed by atoms with Crippen LogP contribution in [0.1, 0.15) is 28.4 Å². The van der Waals surface area contributed by atoms with Gasteiger partial charge in [-0.05, 0) is 72.5 Å². The second kappa shape index (κ2) is 10.5. The van der Waals surface area contributed by atoms with Crippen molar-refractivity contribution in [2.45, 2.75) is 25.8 Å². The Balaban J connectivity index is 1.51. The van der Waals surface area contributed by atoms with Gasteiger partial charge in [-0.15, -0.1) is 0 Å². The third kappa shape index (κ3) is 5.54. The number of hydrogen-bond donors (Lipinski definition) is 2. The van der Waals surface area contributed by atoms with Gasteiger partial charge in [0.1, 0.15) is 11.6 Å². The van der Waals surface area contributed by atoms with E-state index >= 15 is 0 Å². The van der Waals surface area contributed by atoms with E-state index in [-0.39, 0.29) is 24.0 Å². The molecule has 0 aliphatic rings. The zero-order chi connectivity index (χ0) is 25.9. The van der Waals surface area contributed by atoms with Gasteiger partial charge in [0, 0.05) is 39.4 Å². The summed E-state index contributed by atoms with van der Waals surface area (Å²) in [6, 6.07) is 19.8. The normalized spacial score (nSPS) is 12.0. The molecule has 0 saturated carbocycles. The fourth-order valence-corrected chi connectivity index (χ4v) is 4.94. The fraction of sp³-hybridized carbons (Fsp3) is 0.133. The number of fused-ring (bicyclic) bond motifs is 1. The minimum absolute atomic E-state index is 0.0381. The molecule has 4 nitrogen and oxygen atoms in total. The first kappa shape index (κ1) is 24.7. The molecule has 1 atom stereocenters. The number of nitrogens with one attached hydrogen (secondary N) is 2. The van der Waals surface area contributed by atoms with Crippen molar-refractivity contribution in [2.75, 3.05) is 0 Å². The van der Waals surface area contributed by atoms with Crippen LogP contribution in [-0.4, -0.2) is 15.9 Å². The highest BCUT2D eigenvalue weighted by molar-refractivity contribution is 6.33. The van der Waals surface area contributed by atoms with Crippen molar-refractivity contribution in [3.63, 3.8) is 0 Å². The predicted molar refractivity (Wildman–Crippen MR) is 142 cm³/mol. The van der Waals surface area contributed by atoms with Crippen LogP contribution in [0, 0.1) is 18.6 Å². The molecule has 1 amide bonds. The Hall–Kier alpha value is -4.03. The lowest BCUT2D eigenvalue weighted by atomic mass is 9.94. The van der Waals surface area contributed by atoms with Crippen molar-refractivity contribution in [1.82, 2.24) is 15.3 Å². The van der Waals surface area contributed by atoms with Crippen LogP contribution < -0.4 is 5.32 Å². The van der Waals surface area contributed by atoms with Gasteiger partial charge in [-0.1, -0.05) is 41.9 Å². The summed E-state index contributed by atoms with van der Waals surface area (Å²) in [5.41, 5.74) is 5.13. The Morgan fingerprint density at radius 2 is 1.81 bits per heavy atom. The van der Waals surface area contributed by atoms with E-state index in [2.05, 4.69) is 15.3 Å². The summed E-state index contributed by atoms with van der Waals surface area (Å²) >= 11 is 6.51. The van der Waals surface area contributed by atoms with Crippen LogP contribution in [0.25, 0.3) is 22.0 Å². The Morgan fingerprint density at radius 3 is 2.62 bits per heavy atom. The Bertz CT molecular complexity index is 1580.